The maximum absolute atomic E-state index is 9.22. The molecule has 0 aromatic carbocycles. The molecule has 1 rings (SSSR count). The van der Waals surface area contributed by atoms with Crippen LogP contribution in [0.1, 0.15) is 6.92 Å². The average molecular weight is 212 g/mol. The number of likely N-dealkylation sites (N-methyl/N-ethyl adjacent to an activating group) is 1. The van der Waals surface area contributed by atoms with E-state index in [0.717, 1.165) is 0 Å². The van der Waals surface area contributed by atoms with E-state index >= 15 is 0 Å². The van der Waals surface area contributed by atoms with Gasteiger partial charge < -0.3 is 21.2 Å². The van der Waals surface area contributed by atoms with Gasteiger partial charge in [0.1, 0.15) is 11.6 Å². The fourth-order valence-electron chi connectivity index (χ4n) is 1.21. The Labute approximate surface area is 88.1 Å². The number of aliphatic hydroxyl groups excluding tert-OH is 1. The molecule has 0 saturated heterocycles. The van der Waals surface area contributed by atoms with Gasteiger partial charge in [-0.25, -0.2) is 5.84 Å². The summed E-state index contributed by atoms with van der Waals surface area (Å²) in [6.07, 6.45) is -0.444. The highest BCUT2D eigenvalue weighted by Gasteiger charge is 2.08. The molecule has 7 nitrogen and oxygen atoms in total. The molecule has 1 atom stereocenters. The van der Waals surface area contributed by atoms with Crippen LogP contribution in [0.3, 0.4) is 0 Å². The van der Waals surface area contributed by atoms with Gasteiger partial charge in [-0.2, -0.15) is 9.97 Å². The quantitative estimate of drug-likeness (QED) is 0.380. The maximum atomic E-state index is 9.22. The summed E-state index contributed by atoms with van der Waals surface area (Å²) < 4.78 is 0. The molecular weight excluding hydrogens is 196 g/mol. The Morgan fingerprint density at radius 2 is 2.27 bits per heavy atom. The zero-order valence-corrected chi connectivity index (χ0v) is 8.81. The summed E-state index contributed by atoms with van der Waals surface area (Å²) in [7, 11) is 1.80. The molecule has 0 amide bonds. The van der Waals surface area contributed by atoms with E-state index in [4.69, 9.17) is 11.6 Å². The molecule has 0 fully saturated rings. The minimum Gasteiger partial charge on any atom is -0.392 e. The molecule has 0 radical (unpaired) electrons. The van der Waals surface area contributed by atoms with Crippen LogP contribution in [0.15, 0.2) is 6.07 Å². The molecule has 0 bridgehead atoms. The first-order chi connectivity index (χ1) is 7.02. The Kier molecular flexibility index (Phi) is 3.64. The van der Waals surface area contributed by atoms with Gasteiger partial charge >= 0.3 is 0 Å². The number of nitrogens with two attached hydrogens (primary N) is 2. The summed E-state index contributed by atoms with van der Waals surface area (Å²) in [4.78, 5) is 9.64. The Bertz CT molecular complexity index is 329. The summed E-state index contributed by atoms with van der Waals surface area (Å²) in [6, 6.07) is 1.65. The lowest BCUT2D eigenvalue weighted by Crippen LogP contribution is -2.28. The number of nitrogen functional groups attached to an aromatic ring is 2. The minimum absolute atomic E-state index is 0.137. The molecule has 0 aliphatic carbocycles. The summed E-state index contributed by atoms with van der Waals surface area (Å²) in [5.41, 5.74) is 7.89. The van der Waals surface area contributed by atoms with E-state index in [2.05, 4.69) is 15.4 Å². The van der Waals surface area contributed by atoms with Crippen molar-refractivity contribution in [2.45, 2.75) is 13.0 Å². The van der Waals surface area contributed by atoms with Gasteiger partial charge in [0.15, 0.2) is 0 Å². The summed E-state index contributed by atoms with van der Waals surface area (Å²) >= 11 is 0. The van der Waals surface area contributed by atoms with E-state index < -0.39 is 6.10 Å². The number of rotatable bonds is 4. The van der Waals surface area contributed by atoms with Crippen LogP contribution < -0.4 is 21.9 Å². The van der Waals surface area contributed by atoms with Gasteiger partial charge in [-0.1, -0.05) is 0 Å². The van der Waals surface area contributed by atoms with Crippen molar-refractivity contribution in [1.82, 2.24) is 9.97 Å². The van der Waals surface area contributed by atoms with E-state index in [1.54, 1.807) is 24.9 Å². The van der Waals surface area contributed by atoms with Crippen molar-refractivity contribution >= 4 is 17.6 Å². The van der Waals surface area contributed by atoms with Crippen LogP contribution in [0.2, 0.25) is 0 Å². The summed E-state index contributed by atoms with van der Waals surface area (Å²) in [5.74, 6) is 6.41. The van der Waals surface area contributed by atoms with Crippen LogP contribution in [0.5, 0.6) is 0 Å². The van der Waals surface area contributed by atoms with Gasteiger partial charge in [0, 0.05) is 19.7 Å². The van der Waals surface area contributed by atoms with E-state index in [1.165, 1.54) is 0 Å². The SMILES string of the molecule is CC(O)CN(C)c1cc(NN)nc(N)n1. The van der Waals surface area contributed by atoms with E-state index in [0.29, 0.717) is 18.2 Å². The topological polar surface area (TPSA) is 113 Å². The third-order valence-corrected chi connectivity index (χ3v) is 1.81. The third kappa shape index (κ3) is 3.22. The number of hydrazine groups is 1. The molecule has 0 spiro atoms. The second-order valence-electron chi connectivity index (χ2n) is 3.34. The molecule has 15 heavy (non-hydrogen) atoms. The second-order valence-corrected chi connectivity index (χ2v) is 3.34. The van der Waals surface area contributed by atoms with Gasteiger partial charge in [-0.15, -0.1) is 0 Å². The number of aliphatic hydroxyl groups is 1. The molecule has 1 heterocycles. The van der Waals surface area contributed by atoms with Crippen molar-refractivity contribution in [3.63, 3.8) is 0 Å². The van der Waals surface area contributed by atoms with Crippen LogP contribution in [-0.4, -0.2) is 34.8 Å². The first-order valence-corrected chi connectivity index (χ1v) is 4.53. The molecule has 0 aliphatic heterocycles. The molecule has 84 valence electrons. The van der Waals surface area contributed by atoms with Gasteiger partial charge in [0.05, 0.1) is 6.10 Å². The number of hydrogen-bond acceptors (Lipinski definition) is 7. The smallest absolute Gasteiger partial charge is 0.223 e. The zero-order chi connectivity index (χ0) is 11.4. The molecule has 0 saturated carbocycles. The average Bonchev–Trinajstić information content (AvgIpc) is 2.15. The van der Waals surface area contributed by atoms with E-state index in [-0.39, 0.29) is 5.95 Å². The fourth-order valence-corrected chi connectivity index (χ4v) is 1.21. The first-order valence-electron chi connectivity index (χ1n) is 4.53. The van der Waals surface area contributed by atoms with Crippen LogP contribution in [0.4, 0.5) is 17.6 Å². The summed E-state index contributed by atoms with van der Waals surface area (Å²) in [6.45, 7) is 2.16. The highest BCUT2D eigenvalue weighted by atomic mass is 16.3. The Morgan fingerprint density at radius 1 is 1.60 bits per heavy atom. The largest absolute Gasteiger partial charge is 0.392 e. The number of nitrogens with zero attached hydrogens (tertiary/aromatic N) is 3. The van der Waals surface area contributed by atoms with Crippen molar-refractivity contribution in [3.05, 3.63) is 6.07 Å². The summed E-state index contributed by atoms with van der Waals surface area (Å²) in [5, 5.41) is 9.22. The number of nitrogens with one attached hydrogen (secondary N) is 1. The van der Waals surface area contributed by atoms with Crippen LogP contribution >= 0.6 is 0 Å². The maximum Gasteiger partial charge on any atom is 0.223 e. The number of anilines is 3. The lowest BCUT2D eigenvalue weighted by molar-refractivity contribution is 0.201. The van der Waals surface area contributed by atoms with Gasteiger partial charge in [-0.05, 0) is 6.92 Å². The normalized spacial score (nSPS) is 12.3. The lowest BCUT2D eigenvalue weighted by atomic mass is 10.3. The number of aromatic nitrogens is 2. The fraction of sp³-hybridized carbons (Fsp3) is 0.500. The molecule has 6 N–H and O–H groups in total. The van der Waals surface area contributed by atoms with Crippen LogP contribution in [0.25, 0.3) is 0 Å². The van der Waals surface area contributed by atoms with E-state index in [9.17, 15) is 5.11 Å². The van der Waals surface area contributed by atoms with Crippen molar-refractivity contribution < 1.29 is 5.11 Å². The van der Waals surface area contributed by atoms with Crippen LogP contribution in [-0.2, 0) is 0 Å². The highest BCUT2D eigenvalue weighted by Crippen LogP contribution is 2.14. The van der Waals surface area contributed by atoms with Gasteiger partial charge in [0.25, 0.3) is 0 Å². The highest BCUT2D eigenvalue weighted by molar-refractivity contribution is 5.51. The van der Waals surface area contributed by atoms with Crippen molar-refractivity contribution in [1.29, 1.82) is 0 Å². The first kappa shape index (κ1) is 11.5. The van der Waals surface area contributed by atoms with Gasteiger partial charge in [-0.3, -0.25) is 0 Å². The monoisotopic (exact) mass is 212 g/mol. The predicted molar refractivity (Wildman–Crippen MR) is 59.2 cm³/mol. The third-order valence-electron chi connectivity index (χ3n) is 1.81. The Morgan fingerprint density at radius 3 is 2.80 bits per heavy atom. The van der Waals surface area contributed by atoms with Crippen molar-refractivity contribution in [3.8, 4) is 0 Å². The van der Waals surface area contributed by atoms with E-state index in [1.807, 2.05) is 0 Å². The standard InChI is InChI=1S/C8H16N6O/c1-5(15)4-14(2)7-3-6(13-10)11-8(9)12-7/h3,5,15H,4,10H2,1-2H3,(H3,9,11,12,13). The molecule has 1 aromatic rings. The predicted octanol–water partition coefficient (Wildman–Crippen LogP) is -0.839. The van der Waals surface area contributed by atoms with Crippen molar-refractivity contribution in [2.24, 2.45) is 5.84 Å². The van der Waals surface area contributed by atoms with Gasteiger partial charge in [0.2, 0.25) is 5.95 Å². The molecular formula is C8H16N6O. The zero-order valence-electron chi connectivity index (χ0n) is 8.81. The molecule has 1 aromatic heterocycles. The molecule has 0 aliphatic rings. The minimum atomic E-state index is -0.444. The molecule has 7 heteroatoms. The number of hydrogen-bond donors (Lipinski definition) is 4. The lowest BCUT2D eigenvalue weighted by Gasteiger charge is -2.20. The Balaban J connectivity index is 2.88. The van der Waals surface area contributed by atoms with Crippen molar-refractivity contribution in [2.75, 3.05) is 29.7 Å². The van der Waals surface area contributed by atoms with Crippen LogP contribution in [0, 0.1) is 0 Å². The Hall–Kier alpha value is -1.60. The molecule has 1 unspecified atom stereocenters. The second kappa shape index (κ2) is 4.76.